The highest BCUT2D eigenvalue weighted by molar-refractivity contribution is 5.80. The monoisotopic (exact) mass is 586 g/mol. The van der Waals surface area contributed by atoms with Gasteiger partial charge in [-0.15, -0.1) is 0 Å². The molecular weight excluding hydrogens is 552 g/mol. The molecule has 1 saturated carbocycles. The van der Waals surface area contributed by atoms with Crippen molar-refractivity contribution < 1.29 is 19.2 Å². The summed E-state index contributed by atoms with van der Waals surface area (Å²) < 4.78 is 13.7. The highest BCUT2D eigenvalue weighted by atomic mass is 16.5. The van der Waals surface area contributed by atoms with Gasteiger partial charge in [-0.3, -0.25) is 4.79 Å². The van der Waals surface area contributed by atoms with E-state index in [9.17, 15) is 9.90 Å². The molecule has 8 nitrogen and oxygen atoms in total. The molecule has 3 heterocycles. The first kappa shape index (κ1) is 27.8. The second-order valence-electron chi connectivity index (χ2n) is 11.9. The smallest absolute Gasteiger partial charge is 0.310 e. The van der Waals surface area contributed by atoms with Crippen molar-refractivity contribution in [2.45, 2.75) is 59.1 Å². The fraction of sp³-hybridized carbons (Fsp3) is 0.278. The molecule has 8 heteroatoms. The number of aliphatic carboxylic acids is 1. The lowest BCUT2D eigenvalue weighted by Gasteiger charge is -2.24. The van der Waals surface area contributed by atoms with Crippen LogP contribution in [0.4, 0.5) is 0 Å². The van der Waals surface area contributed by atoms with Gasteiger partial charge in [-0.1, -0.05) is 66.5 Å². The number of aromatic nitrogens is 4. The number of rotatable bonds is 9. The van der Waals surface area contributed by atoms with Crippen molar-refractivity contribution in [1.82, 2.24) is 19.7 Å². The molecule has 6 aromatic rings. The minimum atomic E-state index is -0.784. The summed E-state index contributed by atoms with van der Waals surface area (Å²) >= 11 is 0. The van der Waals surface area contributed by atoms with Crippen molar-refractivity contribution in [1.29, 1.82) is 0 Å². The molecule has 1 fully saturated rings. The Kier molecular flexibility index (Phi) is 7.12. The Hall–Kier alpha value is -4.98. The molecule has 7 rings (SSSR count). The Labute approximate surface area is 255 Å². The van der Waals surface area contributed by atoms with Crippen LogP contribution >= 0.6 is 0 Å². The van der Waals surface area contributed by atoms with Gasteiger partial charge in [-0.05, 0) is 62.1 Å². The molecule has 0 spiro atoms. The van der Waals surface area contributed by atoms with E-state index >= 15 is 0 Å². The fourth-order valence-corrected chi connectivity index (χ4v) is 6.58. The van der Waals surface area contributed by atoms with E-state index in [-0.39, 0.29) is 0 Å². The summed E-state index contributed by atoms with van der Waals surface area (Å²) in [4.78, 5) is 22.2. The van der Waals surface area contributed by atoms with Crippen LogP contribution in [0.15, 0.2) is 83.4 Å². The number of para-hydroxylation sites is 1. The van der Waals surface area contributed by atoms with Crippen LogP contribution in [0.2, 0.25) is 0 Å². The van der Waals surface area contributed by atoms with E-state index in [1.54, 1.807) is 0 Å². The molecule has 3 aromatic heterocycles. The van der Waals surface area contributed by atoms with Crippen LogP contribution < -0.4 is 4.74 Å². The van der Waals surface area contributed by atoms with Crippen molar-refractivity contribution >= 4 is 27.9 Å². The summed E-state index contributed by atoms with van der Waals surface area (Å²) in [6, 6.07) is 26.4. The third-order valence-electron chi connectivity index (χ3n) is 8.97. The number of hydrogen-bond acceptors (Lipinski definition) is 6. The number of carboxylic acid groups (broad SMARTS) is 1. The molecule has 0 radical (unpaired) electrons. The van der Waals surface area contributed by atoms with E-state index in [4.69, 9.17) is 19.2 Å². The molecule has 0 aliphatic heterocycles. The molecule has 1 aliphatic carbocycles. The lowest BCUT2D eigenvalue weighted by molar-refractivity contribution is -0.148. The molecule has 0 bridgehead atoms. The second-order valence-corrected chi connectivity index (χ2v) is 11.9. The first-order valence-corrected chi connectivity index (χ1v) is 15.1. The van der Waals surface area contributed by atoms with Crippen molar-refractivity contribution in [3.63, 3.8) is 0 Å². The Morgan fingerprint density at radius 2 is 1.75 bits per heavy atom. The molecule has 0 atom stereocenters. The average Bonchev–Trinajstić information content (AvgIpc) is 3.74. The van der Waals surface area contributed by atoms with Crippen molar-refractivity contribution in [3.8, 4) is 16.9 Å². The average molecular weight is 587 g/mol. The predicted octanol–water partition coefficient (Wildman–Crippen LogP) is 7.67. The molecule has 1 N–H and O–H groups in total. The number of hydrogen-bond donors (Lipinski definition) is 1. The number of carboxylic acids is 1. The van der Waals surface area contributed by atoms with Crippen molar-refractivity contribution in [2.75, 3.05) is 0 Å². The lowest BCUT2D eigenvalue weighted by Crippen LogP contribution is -2.31. The SMILES string of the molecule is Cc1noc(C)c1-c1ccc(Cn2c(CC3(C(=O)O)CCCC3)nc3cc(OCc4ccc5ccccc5n4)ccc32)cc1. The fourth-order valence-electron chi connectivity index (χ4n) is 6.58. The topological polar surface area (TPSA) is 103 Å². The Morgan fingerprint density at radius 1 is 0.955 bits per heavy atom. The highest BCUT2D eigenvalue weighted by Crippen LogP contribution is 2.42. The summed E-state index contributed by atoms with van der Waals surface area (Å²) in [7, 11) is 0. The standard InChI is InChI=1S/C36H34N4O4/c1-23-34(24(2)44-39-23)27-11-9-25(10-12-27)21-40-32-16-15-29(43-22-28-14-13-26-7-3-4-8-30(26)37-28)19-31(32)38-33(40)20-36(35(41)42)17-5-6-18-36/h3-4,7-16,19H,5-6,17-18,20-22H2,1-2H3,(H,41,42). The first-order valence-electron chi connectivity index (χ1n) is 15.1. The lowest BCUT2D eigenvalue weighted by atomic mass is 9.82. The molecule has 222 valence electrons. The Balaban J connectivity index is 1.20. The number of carbonyl (C=O) groups is 1. The van der Waals surface area contributed by atoms with E-state index < -0.39 is 11.4 Å². The second kappa shape index (κ2) is 11.3. The van der Waals surface area contributed by atoms with E-state index in [2.05, 4.69) is 40.1 Å². The summed E-state index contributed by atoms with van der Waals surface area (Å²) in [6.45, 7) is 4.78. The molecular formula is C36H34N4O4. The zero-order valence-corrected chi connectivity index (χ0v) is 24.9. The first-order chi connectivity index (χ1) is 21.4. The van der Waals surface area contributed by atoms with E-state index in [0.717, 1.165) is 74.4 Å². The highest BCUT2D eigenvalue weighted by Gasteiger charge is 2.42. The largest absolute Gasteiger partial charge is 0.487 e. The van der Waals surface area contributed by atoms with E-state index in [1.807, 2.05) is 62.4 Å². The van der Waals surface area contributed by atoms with Crippen LogP contribution in [0.1, 0.15) is 54.2 Å². The molecule has 1 aliphatic rings. The van der Waals surface area contributed by atoms with Gasteiger partial charge in [0.25, 0.3) is 0 Å². The zero-order chi connectivity index (χ0) is 30.3. The molecule has 44 heavy (non-hydrogen) atoms. The molecule has 0 amide bonds. The van der Waals surface area contributed by atoms with Crippen molar-refractivity contribution in [2.24, 2.45) is 5.41 Å². The van der Waals surface area contributed by atoms with E-state index in [0.29, 0.717) is 38.2 Å². The maximum Gasteiger partial charge on any atom is 0.310 e. The van der Waals surface area contributed by atoms with Gasteiger partial charge in [0.1, 0.15) is 23.9 Å². The summed E-state index contributed by atoms with van der Waals surface area (Å²) in [6.07, 6.45) is 3.59. The third-order valence-corrected chi connectivity index (χ3v) is 8.97. The van der Waals surface area contributed by atoms with Gasteiger partial charge in [0, 0.05) is 30.0 Å². The normalized spacial score (nSPS) is 14.4. The summed E-state index contributed by atoms with van der Waals surface area (Å²) in [5.74, 6) is 1.54. The van der Waals surface area contributed by atoms with Gasteiger partial charge in [-0.25, -0.2) is 9.97 Å². The summed E-state index contributed by atoms with van der Waals surface area (Å²) in [5.41, 5.74) is 6.77. The van der Waals surface area contributed by atoms with Gasteiger partial charge in [0.05, 0.1) is 33.4 Å². The van der Waals surface area contributed by atoms with Gasteiger partial charge in [0.15, 0.2) is 0 Å². The zero-order valence-electron chi connectivity index (χ0n) is 24.9. The Bertz CT molecular complexity index is 1960. The van der Waals surface area contributed by atoms with Gasteiger partial charge in [-0.2, -0.15) is 0 Å². The van der Waals surface area contributed by atoms with Crippen LogP contribution in [-0.4, -0.2) is 30.8 Å². The van der Waals surface area contributed by atoms with Crippen LogP contribution in [0.3, 0.4) is 0 Å². The number of benzene rings is 3. The minimum Gasteiger partial charge on any atom is -0.487 e. The molecule has 0 unspecified atom stereocenters. The number of pyridine rings is 1. The quantitative estimate of drug-likeness (QED) is 0.185. The van der Waals surface area contributed by atoms with Crippen LogP contribution in [0.25, 0.3) is 33.1 Å². The van der Waals surface area contributed by atoms with Gasteiger partial charge >= 0.3 is 5.97 Å². The number of nitrogens with zero attached hydrogens (tertiary/aromatic N) is 4. The van der Waals surface area contributed by atoms with Crippen LogP contribution in [0, 0.1) is 19.3 Å². The van der Waals surface area contributed by atoms with Crippen molar-refractivity contribution in [3.05, 3.63) is 107 Å². The van der Waals surface area contributed by atoms with Crippen LogP contribution in [0.5, 0.6) is 5.75 Å². The molecule has 0 saturated heterocycles. The van der Waals surface area contributed by atoms with Crippen LogP contribution in [-0.2, 0) is 24.4 Å². The predicted molar refractivity (Wildman–Crippen MR) is 169 cm³/mol. The Morgan fingerprint density at radius 3 is 2.50 bits per heavy atom. The van der Waals surface area contributed by atoms with Gasteiger partial charge < -0.3 is 18.9 Å². The van der Waals surface area contributed by atoms with Gasteiger partial charge in [0.2, 0.25) is 0 Å². The maximum atomic E-state index is 12.5. The number of imidazole rings is 1. The number of ether oxygens (including phenoxy) is 1. The van der Waals surface area contributed by atoms with E-state index in [1.165, 1.54) is 0 Å². The number of fused-ring (bicyclic) bond motifs is 2. The maximum absolute atomic E-state index is 12.5. The minimum absolute atomic E-state index is 0.337. The summed E-state index contributed by atoms with van der Waals surface area (Å²) in [5, 5.41) is 15.4. The number of aryl methyl sites for hydroxylation is 2. The third kappa shape index (κ3) is 5.21. The molecule has 3 aromatic carbocycles.